The van der Waals surface area contributed by atoms with Gasteiger partial charge in [0.25, 0.3) is 0 Å². The van der Waals surface area contributed by atoms with E-state index in [-0.39, 0.29) is 30.3 Å². The molecule has 1 rings (SSSR count). The number of aromatic nitrogens is 1. The van der Waals surface area contributed by atoms with Gasteiger partial charge in [0.2, 0.25) is 10.0 Å². The molecule has 0 aliphatic rings. The minimum absolute atomic E-state index is 0.0670. The topological polar surface area (TPSA) is 100 Å². The zero-order chi connectivity index (χ0) is 15.2. The average Bonchev–Trinajstić information content (AvgIpc) is 2.45. The van der Waals surface area contributed by atoms with Crippen molar-refractivity contribution in [3.8, 4) is 6.07 Å². The largest absolute Gasteiger partial charge is 0.465 e. The van der Waals surface area contributed by atoms with E-state index >= 15 is 0 Å². The van der Waals surface area contributed by atoms with E-state index in [1.165, 1.54) is 12.1 Å². The minimum atomic E-state index is -3.83. The molecule has 0 aliphatic heterocycles. The molecule has 0 fully saturated rings. The average molecular weight is 297 g/mol. The van der Waals surface area contributed by atoms with Gasteiger partial charge in [-0.3, -0.25) is 4.79 Å². The molecule has 0 atom stereocenters. The van der Waals surface area contributed by atoms with Gasteiger partial charge < -0.3 is 4.74 Å². The lowest BCUT2D eigenvalue weighted by Crippen LogP contribution is -2.36. The van der Waals surface area contributed by atoms with Crippen LogP contribution in [-0.4, -0.2) is 43.4 Å². The van der Waals surface area contributed by atoms with Gasteiger partial charge in [-0.15, -0.1) is 0 Å². The Labute approximate surface area is 117 Å². The molecular weight excluding hydrogens is 282 g/mol. The lowest BCUT2D eigenvalue weighted by molar-refractivity contribution is -0.143. The number of hydrogen-bond acceptors (Lipinski definition) is 6. The van der Waals surface area contributed by atoms with E-state index < -0.39 is 16.0 Å². The zero-order valence-corrected chi connectivity index (χ0v) is 12.1. The molecule has 1 heterocycles. The third-order valence-electron chi connectivity index (χ3n) is 2.45. The number of sulfonamides is 1. The van der Waals surface area contributed by atoms with E-state index in [1.807, 2.05) is 0 Å². The van der Waals surface area contributed by atoms with Gasteiger partial charge in [-0.2, -0.15) is 9.57 Å². The molecular formula is C12H15N3O4S. The predicted molar refractivity (Wildman–Crippen MR) is 70.0 cm³/mol. The first-order valence-electron chi connectivity index (χ1n) is 5.97. The van der Waals surface area contributed by atoms with E-state index in [1.54, 1.807) is 19.9 Å². The van der Waals surface area contributed by atoms with Gasteiger partial charge in [-0.1, -0.05) is 6.92 Å². The number of rotatable bonds is 6. The maximum absolute atomic E-state index is 12.3. The molecule has 1 aromatic heterocycles. The molecule has 0 aliphatic carbocycles. The molecule has 20 heavy (non-hydrogen) atoms. The first-order valence-corrected chi connectivity index (χ1v) is 7.41. The predicted octanol–water partition coefficient (Wildman–Crippen LogP) is 0.527. The summed E-state index contributed by atoms with van der Waals surface area (Å²) >= 11 is 0. The smallest absolute Gasteiger partial charge is 0.321 e. The molecule has 7 nitrogen and oxygen atoms in total. The Balaban J connectivity index is 2.99. The molecule has 0 N–H and O–H groups in total. The van der Waals surface area contributed by atoms with Crippen molar-refractivity contribution >= 4 is 16.0 Å². The Kier molecular flexibility index (Phi) is 5.61. The Morgan fingerprint density at radius 3 is 2.60 bits per heavy atom. The third kappa shape index (κ3) is 3.76. The van der Waals surface area contributed by atoms with Crippen LogP contribution >= 0.6 is 0 Å². The lowest BCUT2D eigenvalue weighted by Gasteiger charge is -2.19. The number of esters is 1. The monoisotopic (exact) mass is 297 g/mol. The second kappa shape index (κ2) is 6.98. The molecule has 0 amide bonds. The second-order valence-electron chi connectivity index (χ2n) is 3.73. The molecule has 1 aromatic rings. The standard InChI is InChI=1S/C12H15N3O4S/c1-3-15(9-12(16)19-4-2)20(17,18)11-6-5-10(7-13)14-8-11/h5-6,8H,3-4,9H2,1-2H3. The lowest BCUT2D eigenvalue weighted by atomic mass is 10.4. The molecule has 0 spiro atoms. The summed E-state index contributed by atoms with van der Waals surface area (Å²) in [4.78, 5) is 15.0. The highest BCUT2D eigenvalue weighted by molar-refractivity contribution is 7.89. The van der Waals surface area contributed by atoms with Crippen molar-refractivity contribution in [2.45, 2.75) is 18.7 Å². The van der Waals surface area contributed by atoms with Crippen LogP contribution in [-0.2, 0) is 19.6 Å². The molecule has 0 saturated carbocycles. The van der Waals surface area contributed by atoms with Crippen molar-refractivity contribution in [1.82, 2.24) is 9.29 Å². The summed E-state index contributed by atoms with van der Waals surface area (Å²) in [5.74, 6) is -0.612. The first-order chi connectivity index (χ1) is 9.45. The highest BCUT2D eigenvalue weighted by Crippen LogP contribution is 2.14. The number of nitrogens with zero attached hydrogens (tertiary/aromatic N) is 3. The fraction of sp³-hybridized carbons (Fsp3) is 0.417. The third-order valence-corrected chi connectivity index (χ3v) is 4.36. The number of likely N-dealkylation sites (N-methyl/N-ethyl adjacent to an activating group) is 1. The highest BCUT2D eigenvalue weighted by atomic mass is 32.2. The van der Waals surface area contributed by atoms with E-state index in [2.05, 4.69) is 4.98 Å². The van der Waals surface area contributed by atoms with Crippen molar-refractivity contribution in [3.63, 3.8) is 0 Å². The number of nitriles is 1. The number of carbonyl (C=O) groups excluding carboxylic acids is 1. The van der Waals surface area contributed by atoms with Crippen LogP contribution in [0, 0.1) is 11.3 Å². The van der Waals surface area contributed by atoms with E-state index in [0.29, 0.717) is 0 Å². The zero-order valence-electron chi connectivity index (χ0n) is 11.2. The molecule has 0 bridgehead atoms. The molecule has 108 valence electrons. The van der Waals surface area contributed by atoms with Crippen LogP contribution < -0.4 is 0 Å². The molecule has 0 aromatic carbocycles. The summed E-state index contributed by atoms with van der Waals surface area (Å²) in [5, 5.41) is 8.63. The fourth-order valence-corrected chi connectivity index (χ4v) is 2.80. The van der Waals surface area contributed by atoms with Crippen LogP contribution in [0.1, 0.15) is 19.5 Å². The Morgan fingerprint density at radius 1 is 1.45 bits per heavy atom. The maximum Gasteiger partial charge on any atom is 0.321 e. The Bertz CT molecular complexity index is 605. The summed E-state index contributed by atoms with van der Waals surface area (Å²) in [6.07, 6.45) is 1.10. The van der Waals surface area contributed by atoms with Crippen LogP contribution in [0.3, 0.4) is 0 Å². The number of ether oxygens (including phenoxy) is 1. The number of pyridine rings is 1. The maximum atomic E-state index is 12.3. The number of hydrogen-bond donors (Lipinski definition) is 0. The van der Waals surface area contributed by atoms with Crippen molar-refractivity contribution in [3.05, 3.63) is 24.0 Å². The second-order valence-corrected chi connectivity index (χ2v) is 5.67. The van der Waals surface area contributed by atoms with Crippen LogP contribution in [0.15, 0.2) is 23.2 Å². The van der Waals surface area contributed by atoms with Crippen LogP contribution in [0.25, 0.3) is 0 Å². The van der Waals surface area contributed by atoms with Crippen molar-refractivity contribution in [1.29, 1.82) is 5.26 Å². The van der Waals surface area contributed by atoms with Crippen molar-refractivity contribution < 1.29 is 17.9 Å². The van der Waals surface area contributed by atoms with E-state index in [9.17, 15) is 13.2 Å². The van der Waals surface area contributed by atoms with E-state index in [4.69, 9.17) is 10.00 Å². The molecule has 8 heteroatoms. The molecule has 0 saturated heterocycles. The van der Waals surface area contributed by atoms with Gasteiger partial charge in [0.1, 0.15) is 23.2 Å². The van der Waals surface area contributed by atoms with E-state index in [0.717, 1.165) is 10.5 Å². The van der Waals surface area contributed by atoms with Crippen molar-refractivity contribution in [2.75, 3.05) is 19.7 Å². The molecule has 0 radical (unpaired) electrons. The van der Waals surface area contributed by atoms with Crippen LogP contribution in [0.4, 0.5) is 0 Å². The van der Waals surface area contributed by atoms with Crippen molar-refractivity contribution in [2.24, 2.45) is 0 Å². The molecule has 0 unspecified atom stereocenters. The fourth-order valence-electron chi connectivity index (χ4n) is 1.47. The van der Waals surface area contributed by atoms with Gasteiger partial charge in [-0.05, 0) is 19.1 Å². The normalized spacial score (nSPS) is 11.1. The summed E-state index contributed by atoms with van der Waals surface area (Å²) < 4.78 is 30.3. The summed E-state index contributed by atoms with van der Waals surface area (Å²) in [6, 6.07) is 4.40. The van der Waals surface area contributed by atoms with Gasteiger partial charge >= 0.3 is 5.97 Å². The Hall–Kier alpha value is -1.98. The SMILES string of the molecule is CCOC(=O)CN(CC)S(=O)(=O)c1ccc(C#N)nc1. The number of carbonyl (C=O) groups is 1. The highest BCUT2D eigenvalue weighted by Gasteiger charge is 2.26. The minimum Gasteiger partial charge on any atom is -0.465 e. The van der Waals surface area contributed by atoms with Crippen LogP contribution in [0.2, 0.25) is 0 Å². The summed E-state index contributed by atoms with van der Waals surface area (Å²) in [5.41, 5.74) is 0.123. The quantitative estimate of drug-likeness (QED) is 0.710. The van der Waals surface area contributed by atoms with Gasteiger partial charge in [0.05, 0.1) is 6.61 Å². The summed E-state index contributed by atoms with van der Waals surface area (Å²) in [7, 11) is -3.83. The Morgan fingerprint density at radius 2 is 2.15 bits per heavy atom. The first kappa shape index (κ1) is 16.1. The van der Waals surface area contributed by atoms with Gasteiger partial charge in [0.15, 0.2) is 0 Å². The summed E-state index contributed by atoms with van der Waals surface area (Å²) in [6.45, 7) is 3.23. The van der Waals surface area contributed by atoms with Crippen LogP contribution in [0.5, 0.6) is 0 Å². The van der Waals surface area contributed by atoms with Gasteiger partial charge in [-0.25, -0.2) is 13.4 Å². The van der Waals surface area contributed by atoms with Gasteiger partial charge in [0, 0.05) is 12.7 Å².